The molecule has 0 aliphatic rings. The second-order valence-corrected chi connectivity index (χ2v) is 3.74. The van der Waals surface area contributed by atoms with Crippen molar-refractivity contribution in [2.24, 2.45) is 0 Å². The summed E-state index contributed by atoms with van der Waals surface area (Å²) in [6.07, 6.45) is 2.01. The first kappa shape index (κ1) is 17.4. The molecule has 0 aliphatic heterocycles. The molecule has 0 rings (SSSR count). The topological polar surface area (TPSA) is 106 Å². The Morgan fingerprint density at radius 2 is 2.05 bits per heavy atom. The molecule has 7 nitrogen and oxygen atoms in total. The highest BCUT2D eigenvalue weighted by atomic mass is 16.5. The van der Waals surface area contributed by atoms with Gasteiger partial charge in [-0.15, -0.1) is 0 Å². The number of amides is 1. The summed E-state index contributed by atoms with van der Waals surface area (Å²) >= 11 is 0. The van der Waals surface area contributed by atoms with Gasteiger partial charge >= 0.3 is 0 Å². The van der Waals surface area contributed by atoms with Crippen LogP contribution in [0, 0.1) is 11.3 Å². The standard InChI is InChI=1S/C12H21N3O4/c1-19-8-2-3-14-12(18)11(9-13)10-15(4-6-16)5-7-17/h10,16-17H,2-8H2,1H3,(H,14,18)/b11-10-. The van der Waals surface area contributed by atoms with Gasteiger partial charge < -0.3 is 25.2 Å². The zero-order valence-corrected chi connectivity index (χ0v) is 11.1. The predicted molar refractivity (Wildman–Crippen MR) is 68.9 cm³/mol. The van der Waals surface area contributed by atoms with Crippen molar-refractivity contribution < 1.29 is 19.7 Å². The van der Waals surface area contributed by atoms with Crippen molar-refractivity contribution in [1.29, 1.82) is 5.26 Å². The number of nitrogens with zero attached hydrogens (tertiary/aromatic N) is 2. The molecule has 19 heavy (non-hydrogen) atoms. The van der Waals surface area contributed by atoms with E-state index in [-0.39, 0.29) is 31.9 Å². The Kier molecular flexibility index (Phi) is 10.5. The fourth-order valence-corrected chi connectivity index (χ4v) is 1.33. The van der Waals surface area contributed by atoms with E-state index in [2.05, 4.69) is 5.32 Å². The number of nitriles is 1. The maximum atomic E-state index is 11.7. The second kappa shape index (κ2) is 11.5. The lowest BCUT2D eigenvalue weighted by Gasteiger charge is -2.18. The average Bonchev–Trinajstić information content (AvgIpc) is 2.41. The largest absolute Gasteiger partial charge is 0.395 e. The number of carbonyl (C=O) groups is 1. The van der Waals surface area contributed by atoms with Crippen LogP contribution < -0.4 is 5.32 Å². The Labute approximate surface area is 113 Å². The zero-order valence-electron chi connectivity index (χ0n) is 11.1. The van der Waals surface area contributed by atoms with Crippen molar-refractivity contribution in [2.45, 2.75) is 6.42 Å². The summed E-state index contributed by atoms with van der Waals surface area (Å²) in [4.78, 5) is 13.2. The Balaban J connectivity index is 4.42. The summed E-state index contributed by atoms with van der Waals surface area (Å²) in [6, 6.07) is 1.80. The van der Waals surface area contributed by atoms with Crippen LogP contribution in [0.25, 0.3) is 0 Å². The molecule has 0 aromatic rings. The first-order valence-corrected chi connectivity index (χ1v) is 6.04. The summed E-state index contributed by atoms with van der Waals surface area (Å²) in [5.74, 6) is -0.473. The molecule has 3 N–H and O–H groups in total. The van der Waals surface area contributed by atoms with Gasteiger partial charge in [0.2, 0.25) is 0 Å². The number of hydrogen-bond donors (Lipinski definition) is 3. The molecule has 1 amide bonds. The predicted octanol–water partition coefficient (Wildman–Crippen LogP) is -1.17. The van der Waals surface area contributed by atoms with Crippen LogP contribution in [0.5, 0.6) is 0 Å². The van der Waals surface area contributed by atoms with E-state index in [0.717, 1.165) is 0 Å². The molecule has 0 saturated heterocycles. The first-order valence-electron chi connectivity index (χ1n) is 6.04. The van der Waals surface area contributed by atoms with Crippen molar-refractivity contribution in [2.75, 3.05) is 46.6 Å². The summed E-state index contributed by atoms with van der Waals surface area (Å²) in [5.41, 5.74) is -0.0562. The third kappa shape index (κ3) is 8.15. The highest BCUT2D eigenvalue weighted by molar-refractivity contribution is 5.97. The molecule has 0 aromatic carbocycles. The SMILES string of the molecule is COCCCNC(=O)/C(C#N)=C\N(CCO)CCO. The summed E-state index contributed by atoms with van der Waals surface area (Å²) in [6.45, 7) is 1.22. The van der Waals surface area contributed by atoms with Gasteiger partial charge in [0, 0.05) is 39.6 Å². The highest BCUT2D eigenvalue weighted by Crippen LogP contribution is 1.98. The minimum absolute atomic E-state index is 0.0562. The Hall–Kier alpha value is -1.62. The lowest BCUT2D eigenvalue weighted by molar-refractivity contribution is -0.117. The highest BCUT2D eigenvalue weighted by Gasteiger charge is 2.10. The molecule has 0 aliphatic carbocycles. The quantitative estimate of drug-likeness (QED) is 0.263. The number of carbonyl (C=O) groups excluding carboxylic acids is 1. The molecule has 0 heterocycles. The van der Waals surface area contributed by atoms with Crippen LogP contribution in [0.3, 0.4) is 0 Å². The molecule has 0 unspecified atom stereocenters. The number of aliphatic hydroxyl groups excluding tert-OH is 2. The monoisotopic (exact) mass is 271 g/mol. The van der Waals surface area contributed by atoms with E-state index in [1.54, 1.807) is 13.2 Å². The average molecular weight is 271 g/mol. The van der Waals surface area contributed by atoms with Crippen LogP contribution in [-0.4, -0.2) is 67.6 Å². The molecule has 0 saturated carbocycles. The van der Waals surface area contributed by atoms with Crippen molar-refractivity contribution >= 4 is 5.91 Å². The number of rotatable bonds is 10. The van der Waals surface area contributed by atoms with Crippen molar-refractivity contribution in [3.63, 3.8) is 0 Å². The van der Waals surface area contributed by atoms with E-state index >= 15 is 0 Å². The minimum atomic E-state index is -0.473. The van der Waals surface area contributed by atoms with Gasteiger partial charge in [-0.25, -0.2) is 0 Å². The second-order valence-electron chi connectivity index (χ2n) is 3.74. The van der Waals surface area contributed by atoms with Gasteiger partial charge in [-0.05, 0) is 6.42 Å². The van der Waals surface area contributed by atoms with E-state index < -0.39 is 5.91 Å². The van der Waals surface area contributed by atoms with Crippen LogP contribution >= 0.6 is 0 Å². The summed E-state index contributed by atoms with van der Waals surface area (Å²) in [7, 11) is 1.57. The maximum absolute atomic E-state index is 11.7. The van der Waals surface area contributed by atoms with Crippen LogP contribution in [-0.2, 0) is 9.53 Å². The lowest BCUT2D eigenvalue weighted by atomic mass is 10.2. The van der Waals surface area contributed by atoms with Gasteiger partial charge in [-0.3, -0.25) is 4.79 Å². The van der Waals surface area contributed by atoms with E-state index in [1.807, 2.05) is 0 Å². The number of hydrogen-bond acceptors (Lipinski definition) is 6. The Morgan fingerprint density at radius 1 is 1.42 bits per heavy atom. The smallest absolute Gasteiger partial charge is 0.263 e. The first-order chi connectivity index (χ1) is 9.19. The van der Waals surface area contributed by atoms with Gasteiger partial charge in [0.25, 0.3) is 5.91 Å². The maximum Gasteiger partial charge on any atom is 0.263 e. The van der Waals surface area contributed by atoms with Gasteiger partial charge in [0.05, 0.1) is 13.2 Å². The van der Waals surface area contributed by atoms with Crippen LogP contribution in [0.15, 0.2) is 11.8 Å². The van der Waals surface area contributed by atoms with Crippen LogP contribution in [0.2, 0.25) is 0 Å². The Bertz CT molecular complexity index is 319. The lowest BCUT2D eigenvalue weighted by Crippen LogP contribution is -2.30. The van der Waals surface area contributed by atoms with E-state index in [1.165, 1.54) is 11.1 Å². The fourth-order valence-electron chi connectivity index (χ4n) is 1.33. The molecule has 0 spiro atoms. The molecular weight excluding hydrogens is 250 g/mol. The number of nitrogens with one attached hydrogen (secondary N) is 1. The molecular formula is C12H21N3O4. The molecule has 0 radical (unpaired) electrons. The van der Waals surface area contributed by atoms with Crippen molar-refractivity contribution in [3.05, 3.63) is 11.8 Å². The van der Waals surface area contributed by atoms with Crippen molar-refractivity contribution in [1.82, 2.24) is 10.2 Å². The van der Waals surface area contributed by atoms with Crippen LogP contribution in [0.4, 0.5) is 0 Å². The molecule has 108 valence electrons. The minimum Gasteiger partial charge on any atom is -0.395 e. The fraction of sp³-hybridized carbons (Fsp3) is 0.667. The third-order valence-corrected chi connectivity index (χ3v) is 2.26. The molecule has 7 heteroatoms. The normalized spacial score (nSPS) is 10.9. The van der Waals surface area contributed by atoms with Gasteiger partial charge in [-0.2, -0.15) is 5.26 Å². The zero-order chi connectivity index (χ0) is 14.5. The molecule has 0 aromatic heterocycles. The molecule has 0 bridgehead atoms. The van der Waals surface area contributed by atoms with Crippen molar-refractivity contribution in [3.8, 4) is 6.07 Å². The molecule has 0 fully saturated rings. The van der Waals surface area contributed by atoms with Crippen LogP contribution in [0.1, 0.15) is 6.42 Å². The number of aliphatic hydroxyl groups is 2. The summed E-state index contributed by atoms with van der Waals surface area (Å²) < 4.78 is 4.84. The number of methoxy groups -OCH3 is 1. The van der Waals surface area contributed by atoms with Gasteiger partial charge in [0.1, 0.15) is 11.6 Å². The van der Waals surface area contributed by atoms with E-state index in [9.17, 15) is 4.79 Å². The number of ether oxygens (including phenoxy) is 1. The third-order valence-electron chi connectivity index (χ3n) is 2.26. The molecule has 0 atom stereocenters. The summed E-state index contributed by atoms with van der Waals surface area (Å²) in [5, 5.41) is 29.2. The van der Waals surface area contributed by atoms with Gasteiger partial charge in [-0.1, -0.05) is 0 Å². The van der Waals surface area contributed by atoms with E-state index in [4.69, 9.17) is 20.2 Å². The van der Waals surface area contributed by atoms with E-state index in [0.29, 0.717) is 19.6 Å². The van der Waals surface area contributed by atoms with Gasteiger partial charge in [0.15, 0.2) is 0 Å². The Morgan fingerprint density at radius 3 is 2.53 bits per heavy atom.